The van der Waals surface area contributed by atoms with E-state index in [9.17, 15) is 9.50 Å². The molecule has 0 bridgehead atoms. The van der Waals surface area contributed by atoms with Gasteiger partial charge in [0.05, 0.1) is 36.8 Å². The lowest BCUT2D eigenvalue weighted by Gasteiger charge is -2.16. The molecule has 0 saturated heterocycles. The van der Waals surface area contributed by atoms with Crippen molar-refractivity contribution >= 4 is 11.6 Å². The number of rotatable bonds is 3. The molecule has 3 aromatic heterocycles. The summed E-state index contributed by atoms with van der Waals surface area (Å²) in [6, 6.07) is 3.55. The molecule has 2 atom stereocenters. The largest absolute Gasteiger partial charge is 0.469 e. The van der Waals surface area contributed by atoms with Gasteiger partial charge in [0.2, 0.25) is 0 Å². The lowest BCUT2D eigenvalue weighted by atomic mass is 9.95. The molecule has 0 aliphatic heterocycles. The maximum Gasteiger partial charge on any atom is 0.146 e. The number of halogens is 1. The van der Waals surface area contributed by atoms with Crippen molar-refractivity contribution < 1.29 is 13.9 Å². The SMILES string of the molecule is OCC(c1ccco1)c1c2c(c3cncn13)=CC=CC2F. The van der Waals surface area contributed by atoms with Crippen molar-refractivity contribution in [1.82, 2.24) is 9.38 Å². The van der Waals surface area contributed by atoms with E-state index in [1.54, 1.807) is 37.0 Å². The van der Waals surface area contributed by atoms with E-state index in [-0.39, 0.29) is 6.61 Å². The van der Waals surface area contributed by atoms with Crippen molar-refractivity contribution in [2.75, 3.05) is 6.61 Å². The number of alkyl halides is 1. The Hall–Kier alpha value is -2.40. The Morgan fingerprint density at radius 1 is 1.48 bits per heavy atom. The standard InChI is InChI=1S/C16H13FN2O2/c17-12-4-1-3-10-13-7-18-9-19(13)16(15(10)12)11(8-20)14-5-2-6-21-14/h1-7,9,11-12,20H,8H2. The molecule has 2 unspecified atom stereocenters. The number of aliphatic hydroxyl groups excluding tert-OH is 1. The Labute approximate surface area is 119 Å². The van der Waals surface area contributed by atoms with Crippen LogP contribution in [0.15, 0.2) is 47.5 Å². The fourth-order valence-corrected chi connectivity index (χ4v) is 3.06. The molecule has 0 spiro atoms. The molecular formula is C16H13FN2O2. The second-order valence-corrected chi connectivity index (χ2v) is 5.07. The van der Waals surface area contributed by atoms with E-state index in [1.807, 2.05) is 10.5 Å². The molecule has 0 saturated carbocycles. The summed E-state index contributed by atoms with van der Waals surface area (Å²) in [4.78, 5) is 4.14. The topological polar surface area (TPSA) is 50.7 Å². The third-order valence-electron chi connectivity index (χ3n) is 3.96. The van der Waals surface area contributed by atoms with Crippen LogP contribution in [-0.2, 0) is 0 Å². The van der Waals surface area contributed by atoms with Gasteiger partial charge in [-0.3, -0.25) is 0 Å². The fourth-order valence-electron chi connectivity index (χ4n) is 3.06. The second kappa shape index (κ2) is 4.56. The van der Waals surface area contributed by atoms with Gasteiger partial charge < -0.3 is 13.9 Å². The van der Waals surface area contributed by atoms with Crippen LogP contribution < -0.4 is 5.22 Å². The summed E-state index contributed by atoms with van der Waals surface area (Å²) in [5.74, 6) is 0.196. The number of imidazole rings is 1. The van der Waals surface area contributed by atoms with Gasteiger partial charge in [-0.25, -0.2) is 9.37 Å². The zero-order valence-corrected chi connectivity index (χ0v) is 11.1. The van der Waals surface area contributed by atoms with Crippen molar-refractivity contribution in [3.8, 4) is 0 Å². The first-order chi connectivity index (χ1) is 10.3. The molecule has 4 rings (SSSR count). The zero-order chi connectivity index (χ0) is 14.4. The Kier molecular flexibility index (Phi) is 2.68. The predicted octanol–water partition coefficient (Wildman–Crippen LogP) is 2.13. The number of aliphatic hydroxyl groups is 1. The van der Waals surface area contributed by atoms with Crippen LogP contribution in [0.3, 0.4) is 0 Å². The zero-order valence-electron chi connectivity index (χ0n) is 11.1. The fraction of sp³-hybridized carbons (Fsp3) is 0.188. The van der Waals surface area contributed by atoms with E-state index in [4.69, 9.17) is 4.42 Å². The van der Waals surface area contributed by atoms with Gasteiger partial charge in [-0.05, 0) is 18.2 Å². The van der Waals surface area contributed by atoms with Crippen molar-refractivity contribution in [2.24, 2.45) is 0 Å². The molecule has 106 valence electrons. The highest BCUT2D eigenvalue weighted by Gasteiger charge is 2.29. The molecule has 0 aromatic carbocycles. The van der Waals surface area contributed by atoms with Gasteiger partial charge >= 0.3 is 0 Å². The smallest absolute Gasteiger partial charge is 0.146 e. The first-order valence-corrected chi connectivity index (χ1v) is 6.75. The Bertz CT molecular complexity index is 864. The van der Waals surface area contributed by atoms with Crippen molar-refractivity contribution in [3.63, 3.8) is 0 Å². The van der Waals surface area contributed by atoms with Crippen LogP contribution in [0.4, 0.5) is 4.39 Å². The molecule has 3 aromatic rings. The number of hydrogen-bond acceptors (Lipinski definition) is 3. The molecule has 4 nitrogen and oxygen atoms in total. The minimum atomic E-state index is -1.19. The highest BCUT2D eigenvalue weighted by Crippen LogP contribution is 2.33. The maximum atomic E-state index is 14.4. The number of hydrogen-bond donors (Lipinski definition) is 1. The number of furan rings is 1. The van der Waals surface area contributed by atoms with E-state index < -0.39 is 12.1 Å². The van der Waals surface area contributed by atoms with Crippen LogP contribution in [0, 0.1) is 0 Å². The van der Waals surface area contributed by atoms with E-state index in [2.05, 4.69) is 4.98 Å². The first kappa shape index (κ1) is 12.3. The molecule has 5 heteroatoms. The van der Waals surface area contributed by atoms with Gasteiger partial charge in [-0.1, -0.05) is 12.2 Å². The van der Waals surface area contributed by atoms with Gasteiger partial charge in [-0.2, -0.15) is 0 Å². The molecule has 1 N–H and O–H groups in total. The first-order valence-electron chi connectivity index (χ1n) is 6.75. The van der Waals surface area contributed by atoms with Crippen LogP contribution in [0.1, 0.15) is 29.1 Å². The molecule has 0 amide bonds. The molecule has 1 aliphatic rings. The van der Waals surface area contributed by atoms with Gasteiger partial charge in [0.1, 0.15) is 11.9 Å². The number of aromatic nitrogens is 2. The van der Waals surface area contributed by atoms with Crippen LogP contribution >= 0.6 is 0 Å². The predicted molar refractivity (Wildman–Crippen MR) is 75.5 cm³/mol. The van der Waals surface area contributed by atoms with E-state index >= 15 is 0 Å². The van der Waals surface area contributed by atoms with E-state index in [0.717, 1.165) is 10.7 Å². The normalized spacial score (nSPS) is 18.7. The lowest BCUT2D eigenvalue weighted by Crippen LogP contribution is -2.15. The summed E-state index contributed by atoms with van der Waals surface area (Å²) < 4.78 is 21.7. The summed E-state index contributed by atoms with van der Waals surface area (Å²) in [6.45, 7) is -0.159. The minimum Gasteiger partial charge on any atom is -0.469 e. The molecule has 1 aliphatic carbocycles. The van der Waals surface area contributed by atoms with Gasteiger partial charge in [0, 0.05) is 16.5 Å². The summed E-state index contributed by atoms with van der Waals surface area (Å²) in [5.41, 5.74) is 2.13. The third kappa shape index (κ3) is 1.67. The summed E-state index contributed by atoms with van der Waals surface area (Å²) in [7, 11) is 0. The monoisotopic (exact) mass is 284 g/mol. The number of fused-ring (bicyclic) bond motifs is 3. The van der Waals surface area contributed by atoms with E-state index in [1.165, 1.54) is 6.08 Å². The third-order valence-corrected chi connectivity index (χ3v) is 3.96. The van der Waals surface area contributed by atoms with Crippen molar-refractivity contribution in [2.45, 2.75) is 12.1 Å². The average Bonchev–Trinajstić information content (AvgIpc) is 3.19. The second-order valence-electron chi connectivity index (χ2n) is 5.07. The van der Waals surface area contributed by atoms with Gasteiger partial charge in [0.25, 0.3) is 0 Å². The molecule has 21 heavy (non-hydrogen) atoms. The number of allylic oxidation sites excluding steroid dienone is 2. The Balaban J connectivity index is 2.05. The lowest BCUT2D eigenvalue weighted by molar-refractivity contribution is 0.261. The van der Waals surface area contributed by atoms with Crippen LogP contribution in [0.2, 0.25) is 0 Å². The summed E-state index contributed by atoms with van der Waals surface area (Å²) in [5, 5.41) is 10.6. The van der Waals surface area contributed by atoms with Crippen LogP contribution in [-0.4, -0.2) is 21.1 Å². The highest BCUT2D eigenvalue weighted by molar-refractivity contribution is 5.64. The Morgan fingerprint density at radius 2 is 2.38 bits per heavy atom. The van der Waals surface area contributed by atoms with Crippen molar-refractivity contribution in [1.29, 1.82) is 0 Å². The van der Waals surface area contributed by atoms with Crippen LogP contribution in [0.5, 0.6) is 0 Å². The highest BCUT2D eigenvalue weighted by atomic mass is 19.1. The summed E-state index contributed by atoms with van der Waals surface area (Å²) >= 11 is 0. The van der Waals surface area contributed by atoms with E-state index in [0.29, 0.717) is 17.0 Å². The average molecular weight is 284 g/mol. The summed E-state index contributed by atoms with van der Waals surface area (Å²) in [6.07, 6.45) is 8.82. The van der Waals surface area contributed by atoms with Gasteiger partial charge in [-0.15, -0.1) is 0 Å². The molecule has 0 fully saturated rings. The molecular weight excluding hydrogens is 271 g/mol. The quantitative estimate of drug-likeness (QED) is 0.801. The number of nitrogens with zero attached hydrogens (tertiary/aromatic N) is 2. The maximum absolute atomic E-state index is 14.4. The minimum absolute atomic E-state index is 0.159. The molecule has 3 heterocycles. The van der Waals surface area contributed by atoms with Crippen LogP contribution in [0.25, 0.3) is 11.6 Å². The van der Waals surface area contributed by atoms with Crippen molar-refractivity contribution in [3.05, 3.63) is 65.3 Å². The Morgan fingerprint density at radius 3 is 3.14 bits per heavy atom. The molecule has 0 radical (unpaired) electrons. The van der Waals surface area contributed by atoms with Gasteiger partial charge in [0.15, 0.2) is 0 Å².